The summed E-state index contributed by atoms with van der Waals surface area (Å²) >= 11 is 13.5. The monoisotopic (exact) mass is 430 g/mol. The Hall–Kier alpha value is -2.60. The zero-order chi connectivity index (χ0) is 19.7. The van der Waals surface area contributed by atoms with Crippen molar-refractivity contribution >= 4 is 52.4 Å². The maximum absolute atomic E-state index is 12.6. The smallest absolute Gasteiger partial charge is 0.316 e. The predicted octanol–water partition coefficient (Wildman–Crippen LogP) is 5.82. The number of benzene rings is 2. The first-order valence-corrected chi connectivity index (χ1v) is 9.89. The molecule has 4 rings (SSSR count). The topological polar surface area (TPSA) is 52.6 Å². The summed E-state index contributed by atoms with van der Waals surface area (Å²) in [6, 6.07) is 13.4. The average molecular weight is 431 g/mol. The van der Waals surface area contributed by atoms with E-state index in [1.165, 1.54) is 17.4 Å². The molecule has 1 aliphatic heterocycles. The van der Waals surface area contributed by atoms with Crippen LogP contribution in [-0.2, 0) is 11.2 Å². The summed E-state index contributed by atoms with van der Waals surface area (Å²) in [5, 5.41) is 2.82. The molecule has 1 aliphatic rings. The molecule has 0 amide bonds. The van der Waals surface area contributed by atoms with E-state index in [0.717, 1.165) is 4.88 Å². The molecule has 140 valence electrons. The first kappa shape index (κ1) is 18.7. The molecule has 0 saturated heterocycles. The van der Waals surface area contributed by atoms with Gasteiger partial charge in [0.25, 0.3) is 0 Å². The molecule has 0 bridgehead atoms. The minimum absolute atomic E-state index is 0.140. The number of esters is 1. The van der Waals surface area contributed by atoms with Crippen LogP contribution in [0.3, 0.4) is 0 Å². The van der Waals surface area contributed by atoms with Crippen LogP contribution in [0.1, 0.15) is 20.8 Å². The quantitative estimate of drug-likeness (QED) is 0.297. The van der Waals surface area contributed by atoms with Crippen LogP contribution in [-0.4, -0.2) is 11.8 Å². The fraction of sp³-hybridized carbons (Fsp3) is 0.0476. The molecule has 2 heterocycles. The van der Waals surface area contributed by atoms with Gasteiger partial charge >= 0.3 is 5.97 Å². The van der Waals surface area contributed by atoms with Gasteiger partial charge in [-0.15, -0.1) is 11.3 Å². The summed E-state index contributed by atoms with van der Waals surface area (Å²) in [4.78, 5) is 25.5. The molecule has 1 aromatic heterocycles. The van der Waals surface area contributed by atoms with E-state index >= 15 is 0 Å². The number of allylic oxidation sites excluding steroid dienone is 1. The second kappa shape index (κ2) is 7.80. The van der Waals surface area contributed by atoms with Crippen molar-refractivity contribution < 1.29 is 19.1 Å². The van der Waals surface area contributed by atoms with Gasteiger partial charge in [0.1, 0.15) is 11.5 Å². The van der Waals surface area contributed by atoms with Gasteiger partial charge in [0.05, 0.1) is 12.0 Å². The van der Waals surface area contributed by atoms with Crippen molar-refractivity contribution in [2.24, 2.45) is 0 Å². The highest BCUT2D eigenvalue weighted by atomic mass is 35.5. The van der Waals surface area contributed by atoms with E-state index < -0.39 is 0 Å². The molecule has 0 N–H and O–H groups in total. The molecule has 0 unspecified atom stereocenters. The summed E-state index contributed by atoms with van der Waals surface area (Å²) in [6.45, 7) is 0. The predicted molar refractivity (Wildman–Crippen MR) is 109 cm³/mol. The number of carbonyl (C=O) groups is 2. The van der Waals surface area contributed by atoms with Crippen LogP contribution in [0.5, 0.6) is 11.5 Å². The van der Waals surface area contributed by atoms with E-state index in [0.29, 0.717) is 32.7 Å². The molecule has 28 heavy (non-hydrogen) atoms. The number of ether oxygens (including phenoxy) is 2. The standard InChI is InChI=1S/C21H12Cl2O4S/c22-13-4-3-12(17(23)9-13)8-19-21(25)16-6-5-14(10-18(16)27-19)26-20(24)11-15-2-1-7-28-15/h1-10H,11H2/b19-8-. The van der Waals surface area contributed by atoms with Gasteiger partial charge in [-0.2, -0.15) is 0 Å². The Morgan fingerprint density at radius 1 is 1.14 bits per heavy atom. The summed E-state index contributed by atoms with van der Waals surface area (Å²) in [5.41, 5.74) is 1.01. The maximum atomic E-state index is 12.6. The summed E-state index contributed by atoms with van der Waals surface area (Å²) in [6.07, 6.45) is 1.75. The first-order valence-electron chi connectivity index (χ1n) is 8.26. The molecule has 0 aliphatic carbocycles. The Bertz CT molecular complexity index is 1100. The van der Waals surface area contributed by atoms with Crippen molar-refractivity contribution in [3.8, 4) is 11.5 Å². The van der Waals surface area contributed by atoms with Crippen LogP contribution >= 0.6 is 34.5 Å². The van der Waals surface area contributed by atoms with Crippen molar-refractivity contribution in [3.63, 3.8) is 0 Å². The van der Waals surface area contributed by atoms with Crippen molar-refractivity contribution in [2.75, 3.05) is 0 Å². The van der Waals surface area contributed by atoms with Gasteiger partial charge in [-0.05, 0) is 47.4 Å². The summed E-state index contributed by atoms with van der Waals surface area (Å²) in [5.74, 6) is 0.149. The number of thiophene rings is 1. The minimum atomic E-state index is -0.379. The van der Waals surface area contributed by atoms with E-state index in [1.807, 2.05) is 17.5 Å². The molecule has 0 fully saturated rings. The van der Waals surface area contributed by atoms with Crippen molar-refractivity contribution in [1.82, 2.24) is 0 Å². The van der Waals surface area contributed by atoms with Crippen LogP contribution in [0.25, 0.3) is 6.08 Å². The number of halogens is 2. The number of rotatable bonds is 4. The number of hydrogen-bond donors (Lipinski definition) is 0. The van der Waals surface area contributed by atoms with Crippen molar-refractivity contribution in [3.05, 3.63) is 85.7 Å². The Labute approximate surface area is 174 Å². The lowest BCUT2D eigenvalue weighted by Crippen LogP contribution is -2.10. The lowest BCUT2D eigenvalue weighted by Gasteiger charge is -2.05. The van der Waals surface area contributed by atoms with Crippen molar-refractivity contribution in [1.29, 1.82) is 0 Å². The largest absolute Gasteiger partial charge is 0.452 e. The zero-order valence-corrected chi connectivity index (χ0v) is 16.6. The molecule has 3 aromatic rings. The van der Waals surface area contributed by atoms with E-state index in [4.69, 9.17) is 32.7 Å². The van der Waals surface area contributed by atoms with E-state index in [-0.39, 0.29) is 23.9 Å². The Morgan fingerprint density at radius 2 is 2.00 bits per heavy atom. The lowest BCUT2D eigenvalue weighted by molar-refractivity contribution is -0.133. The van der Waals surface area contributed by atoms with Crippen LogP contribution < -0.4 is 9.47 Å². The van der Waals surface area contributed by atoms with Gasteiger partial charge in [0.15, 0.2) is 5.76 Å². The molecular weight excluding hydrogens is 419 g/mol. The summed E-state index contributed by atoms with van der Waals surface area (Å²) in [7, 11) is 0. The lowest BCUT2D eigenvalue weighted by atomic mass is 10.1. The number of ketones is 1. The third-order valence-electron chi connectivity index (χ3n) is 4.02. The van der Waals surface area contributed by atoms with E-state index in [2.05, 4.69) is 0 Å². The van der Waals surface area contributed by atoms with Gasteiger partial charge in [-0.1, -0.05) is 35.3 Å². The Kier molecular flexibility index (Phi) is 5.22. The molecular formula is C21H12Cl2O4S. The van der Waals surface area contributed by atoms with Gasteiger partial charge in [0.2, 0.25) is 5.78 Å². The first-order chi connectivity index (χ1) is 13.5. The average Bonchev–Trinajstić information content (AvgIpc) is 3.25. The second-order valence-electron chi connectivity index (χ2n) is 5.99. The third kappa shape index (κ3) is 3.97. The molecule has 0 spiro atoms. The van der Waals surface area contributed by atoms with E-state index in [9.17, 15) is 9.59 Å². The van der Waals surface area contributed by atoms with Gasteiger partial charge in [-0.25, -0.2) is 0 Å². The Morgan fingerprint density at radius 3 is 2.75 bits per heavy atom. The number of hydrogen-bond acceptors (Lipinski definition) is 5. The fourth-order valence-electron chi connectivity index (χ4n) is 2.71. The Balaban J connectivity index is 1.52. The number of Topliss-reactive ketones (excluding diaryl/α,β-unsaturated/α-hetero) is 1. The van der Waals surface area contributed by atoms with Crippen LogP contribution in [0, 0.1) is 0 Å². The molecule has 0 atom stereocenters. The molecule has 7 heteroatoms. The highest BCUT2D eigenvalue weighted by Crippen LogP contribution is 2.35. The maximum Gasteiger partial charge on any atom is 0.316 e. The number of carbonyl (C=O) groups excluding carboxylic acids is 2. The van der Waals surface area contributed by atoms with Crippen LogP contribution in [0.15, 0.2) is 59.7 Å². The van der Waals surface area contributed by atoms with Crippen molar-refractivity contribution in [2.45, 2.75) is 6.42 Å². The molecule has 0 radical (unpaired) electrons. The highest BCUT2D eigenvalue weighted by molar-refractivity contribution is 7.10. The molecule has 2 aromatic carbocycles. The van der Waals surface area contributed by atoms with Gasteiger partial charge in [0, 0.05) is 21.0 Å². The van der Waals surface area contributed by atoms with Crippen LogP contribution in [0.2, 0.25) is 10.0 Å². The van der Waals surface area contributed by atoms with Gasteiger partial charge in [-0.3, -0.25) is 9.59 Å². The zero-order valence-electron chi connectivity index (χ0n) is 14.3. The highest BCUT2D eigenvalue weighted by Gasteiger charge is 2.28. The van der Waals surface area contributed by atoms with Crippen LogP contribution in [0.4, 0.5) is 0 Å². The normalized spacial score (nSPS) is 14.1. The minimum Gasteiger partial charge on any atom is -0.452 e. The second-order valence-corrected chi connectivity index (χ2v) is 7.87. The fourth-order valence-corrected chi connectivity index (χ4v) is 3.87. The SMILES string of the molecule is O=C(Cc1cccs1)Oc1ccc2c(c1)O/C(=C\c1ccc(Cl)cc1Cl)C2=O. The van der Waals surface area contributed by atoms with E-state index in [1.54, 1.807) is 36.4 Å². The summed E-state index contributed by atoms with van der Waals surface area (Å²) < 4.78 is 11.0. The van der Waals surface area contributed by atoms with Gasteiger partial charge < -0.3 is 9.47 Å². The molecule has 0 saturated carbocycles. The third-order valence-corrected chi connectivity index (χ3v) is 5.46. The number of fused-ring (bicyclic) bond motifs is 1. The molecule has 4 nitrogen and oxygen atoms in total.